The van der Waals surface area contributed by atoms with Crippen molar-refractivity contribution in [3.05, 3.63) is 33.7 Å². The van der Waals surface area contributed by atoms with Crippen LogP contribution in [0.25, 0.3) is 0 Å². The molecule has 0 atom stereocenters. The molecule has 0 saturated carbocycles. The zero-order valence-electron chi connectivity index (χ0n) is 9.38. The van der Waals surface area contributed by atoms with Gasteiger partial charge in [0, 0.05) is 30.9 Å². The molecule has 0 radical (unpaired) electrons. The summed E-state index contributed by atoms with van der Waals surface area (Å²) in [6.45, 7) is 0.693. The number of rotatable bonds is 8. The van der Waals surface area contributed by atoms with Gasteiger partial charge in [-0.2, -0.15) is 0 Å². The highest BCUT2D eigenvalue weighted by Crippen LogP contribution is 2.20. The van der Waals surface area contributed by atoms with Crippen LogP contribution >= 0.6 is 23.1 Å². The minimum atomic E-state index is -0.483. The highest BCUT2D eigenvalue weighted by molar-refractivity contribution is 8.00. The number of nitrogens with one attached hydrogen (secondary N) is 2. The number of hydrogen-bond acceptors (Lipinski definition) is 7. The van der Waals surface area contributed by atoms with Gasteiger partial charge in [-0.1, -0.05) is 11.8 Å². The molecule has 17 heavy (non-hydrogen) atoms. The normalized spacial score (nSPS) is 11.2. The number of nitro groups is 1. The lowest BCUT2D eigenvalue weighted by atomic mass is 10.5. The van der Waals surface area contributed by atoms with Crippen molar-refractivity contribution in [2.24, 2.45) is 0 Å². The molecular weight excluding hydrogens is 260 g/mol. The molecule has 2 N–H and O–H groups in total. The van der Waals surface area contributed by atoms with Crippen molar-refractivity contribution in [1.29, 1.82) is 0 Å². The third-order valence-corrected chi connectivity index (χ3v) is 3.83. The van der Waals surface area contributed by atoms with E-state index in [4.69, 9.17) is 0 Å². The molecule has 0 aromatic carbocycles. The number of aromatic nitrogens is 1. The van der Waals surface area contributed by atoms with E-state index in [1.54, 1.807) is 36.3 Å². The first-order chi connectivity index (χ1) is 8.22. The summed E-state index contributed by atoms with van der Waals surface area (Å²) >= 11 is 3.31. The van der Waals surface area contributed by atoms with Crippen molar-refractivity contribution in [3.8, 4) is 0 Å². The van der Waals surface area contributed by atoms with E-state index < -0.39 is 4.92 Å². The standard InChI is InChI=1S/C9H14N4O2S2/c1-10-8(7-13(14)15)11-3-2-5-16-9-12-4-6-17-9/h4,6-7,10-11H,2-3,5H2,1H3. The molecule has 0 spiro atoms. The number of thioether (sulfide) groups is 1. The van der Waals surface area contributed by atoms with Crippen LogP contribution in [0.5, 0.6) is 0 Å². The average molecular weight is 274 g/mol. The Balaban J connectivity index is 2.13. The molecule has 94 valence electrons. The van der Waals surface area contributed by atoms with Crippen LogP contribution in [0.3, 0.4) is 0 Å². The Labute approximate surface area is 108 Å². The van der Waals surface area contributed by atoms with Crippen molar-refractivity contribution in [3.63, 3.8) is 0 Å². The second kappa shape index (κ2) is 7.91. The molecule has 0 unspecified atom stereocenters. The second-order valence-corrected chi connectivity index (χ2v) is 5.24. The summed E-state index contributed by atoms with van der Waals surface area (Å²) in [5, 5.41) is 17.9. The summed E-state index contributed by atoms with van der Waals surface area (Å²) in [5.74, 6) is 1.37. The summed E-state index contributed by atoms with van der Waals surface area (Å²) in [6.07, 6.45) is 3.62. The average Bonchev–Trinajstić information content (AvgIpc) is 2.79. The molecule has 8 heteroatoms. The van der Waals surface area contributed by atoms with Crippen LogP contribution in [0.4, 0.5) is 0 Å². The highest BCUT2D eigenvalue weighted by atomic mass is 32.2. The first kappa shape index (κ1) is 13.8. The van der Waals surface area contributed by atoms with Gasteiger partial charge in [-0.3, -0.25) is 10.1 Å². The minimum absolute atomic E-state index is 0.425. The van der Waals surface area contributed by atoms with E-state index in [2.05, 4.69) is 15.6 Å². The minimum Gasteiger partial charge on any atom is -0.370 e. The van der Waals surface area contributed by atoms with E-state index in [1.807, 2.05) is 5.38 Å². The molecular formula is C9H14N4O2S2. The lowest BCUT2D eigenvalue weighted by molar-refractivity contribution is -0.404. The summed E-state index contributed by atoms with van der Waals surface area (Å²) < 4.78 is 1.06. The molecule has 1 aromatic rings. The van der Waals surface area contributed by atoms with E-state index in [0.29, 0.717) is 12.4 Å². The van der Waals surface area contributed by atoms with Gasteiger partial charge >= 0.3 is 0 Å². The lowest BCUT2D eigenvalue weighted by Gasteiger charge is -2.06. The SMILES string of the molecule is CNC(=C[N+](=O)[O-])NCCCSc1nccs1. The molecule has 0 aliphatic rings. The van der Waals surface area contributed by atoms with Gasteiger partial charge in [-0.25, -0.2) is 4.98 Å². The van der Waals surface area contributed by atoms with Crippen molar-refractivity contribution in [1.82, 2.24) is 15.6 Å². The summed E-state index contributed by atoms with van der Waals surface area (Å²) in [4.78, 5) is 13.9. The van der Waals surface area contributed by atoms with Gasteiger partial charge in [0.1, 0.15) is 4.34 Å². The molecule has 0 fully saturated rings. The van der Waals surface area contributed by atoms with Gasteiger partial charge in [0.25, 0.3) is 6.20 Å². The fraction of sp³-hybridized carbons (Fsp3) is 0.444. The van der Waals surface area contributed by atoms with E-state index in [-0.39, 0.29) is 0 Å². The van der Waals surface area contributed by atoms with Crippen LogP contribution in [0.2, 0.25) is 0 Å². The predicted octanol–water partition coefficient (Wildman–Crippen LogP) is 1.51. The maximum absolute atomic E-state index is 10.3. The van der Waals surface area contributed by atoms with E-state index in [9.17, 15) is 10.1 Å². The number of nitrogens with zero attached hydrogens (tertiary/aromatic N) is 2. The number of thiazole rings is 1. The highest BCUT2D eigenvalue weighted by Gasteiger charge is 2.00. The Morgan fingerprint density at radius 3 is 3.18 bits per heavy atom. The Morgan fingerprint density at radius 2 is 2.59 bits per heavy atom. The number of hydrogen-bond donors (Lipinski definition) is 2. The van der Waals surface area contributed by atoms with Crippen LogP contribution in [0.15, 0.2) is 27.9 Å². The largest absolute Gasteiger partial charge is 0.370 e. The van der Waals surface area contributed by atoms with Gasteiger partial charge in [-0.15, -0.1) is 11.3 Å². The third-order valence-electron chi connectivity index (χ3n) is 1.78. The summed E-state index contributed by atoms with van der Waals surface area (Å²) in [5.41, 5.74) is 0. The van der Waals surface area contributed by atoms with E-state index in [1.165, 1.54) is 0 Å². The molecule has 0 aliphatic heterocycles. The quantitative estimate of drug-likeness (QED) is 0.324. The maximum Gasteiger partial charge on any atom is 0.274 e. The Kier molecular flexibility index (Phi) is 6.41. The molecule has 1 aromatic heterocycles. The zero-order valence-corrected chi connectivity index (χ0v) is 11.0. The molecule has 0 bridgehead atoms. The van der Waals surface area contributed by atoms with Crippen molar-refractivity contribution < 1.29 is 4.92 Å². The summed E-state index contributed by atoms with van der Waals surface area (Å²) in [7, 11) is 1.65. The van der Waals surface area contributed by atoms with Gasteiger partial charge in [0.05, 0.1) is 4.92 Å². The van der Waals surface area contributed by atoms with Gasteiger partial charge in [-0.05, 0) is 6.42 Å². The molecule has 1 rings (SSSR count). The van der Waals surface area contributed by atoms with Gasteiger partial charge in [0.2, 0.25) is 0 Å². The van der Waals surface area contributed by atoms with E-state index in [0.717, 1.165) is 22.7 Å². The Bertz CT molecular complexity index is 367. The molecule has 1 heterocycles. The zero-order chi connectivity index (χ0) is 12.5. The van der Waals surface area contributed by atoms with Crippen molar-refractivity contribution in [2.75, 3.05) is 19.3 Å². The first-order valence-corrected chi connectivity index (χ1v) is 6.88. The Morgan fingerprint density at radius 1 is 1.76 bits per heavy atom. The van der Waals surface area contributed by atoms with Gasteiger partial charge < -0.3 is 10.6 Å². The second-order valence-electron chi connectivity index (χ2n) is 3.00. The van der Waals surface area contributed by atoms with Crippen LogP contribution < -0.4 is 10.6 Å². The summed E-state index contributed by atoms with van der Waals surface area (Å²) in [6, 6.07) is 0. The Hall–Kier alpha value is -1.28. The predicted molar refractivity (Wildman–Crippen MR) is 69.6 cm³/mol. The lowest BCUT2D eigenvalue weighted by Crippen LogP contribution is -2.25. The van der Waals surface area contributed by atoms with Gasteiger partial charge in [0.15, 0.2) is 5.82 Å². The fourth-order valence-corrected chi connectivity index (χ4v) is 2.69. The fourth-order valence-electron chi connectivity index (χ4n) is 1.04. The van der Waals surface area contributed by atoms with Crippen molar-refractivity contribution in [2.45, 2.75) is 10.8 Å². The van der Waals surface area contributed by atoms with E-state index >= 15 is 0 Å². The molecule has 0 saturated heterocycles. The first-order valence-electron chi connectivity index (χ1n) is 5.01. The monoisotopic (exact) mass is 274 g/mol. The molecule has 0 aliphatic carbocycles. The van der Waals surface area contributed by atoms with Crippen LogP contribution in [-0.2, 0) is 0 Å². The van der Waals surface area contributed by atoms with Crippen LogP contribution in [-0.4, -0.2) is 29.3 Å². The smallest absolute Gasteiger partial charge is 0.274 e. The van der Waals surface area contributed by atoms with Crippen molar-refractivity contribution >= 4 is 23.1 Å². The molecule has 6 nitrogen and oxygen atoms in total. The van der Waals surface area contributed by atoms with Crippen LogP contribution in [0.1, 0.15) is 6.42 Å². The molecule has 0 amide bonds. The maximum atomic E-state index is 10.3. The topological polar surface area (TPSA) is 80.1 Å². The third kappa shape index (κ3) is 6.12. The van der Waals surface area contributed by atoms with Crippen LogP contribution in [0, 0.1) is 10.1 Å².